The Morgan fingerprint density at radius 3 is 3.00 bits per heavy atom. The minimum atomic E-state index is -0.641. The normalized spacial score (nSPS) is 11.9. The molecule has 0 aliphatic rings. The first-order valence-electron chi connectivity index (χ1n) is 8.81. The zero-order valence-corrected chi connectivity index (χ0v) is 16.8. The molecule has 0 aliphatic heterocycles. The molecule has 0 fully saturated rings. The number of aromatic nitrogens is 1. The van der Waals surface area contributed by atoms with Crippen LogP contribution in [0.2, 0.25) is 0 Å². The van der Waals surface area contributed by atoms with Gasteiger partial charge in [-0.05, 0) is 49.0 Å². The molecule has 154 valence electrons. The predicted molar refractivity (Wildman–Crippen MR) is 116 cm³/mol. The van der Waals surface area contributed by atoms with Crippen LogP contribution in [0.3, 0.4) is 0 Å². The number of benzene rings is 1. The summed E-state index contributed by atoms with van der Waals surface area (Å²) < 4.78 is 25.1. The van der Waals surface area contributed by atoms with Gasteiger partial charge in [0, 0.05) is 35.8 Å². The Balaban J connectivity index is 1.87. The maximum Gasteiger partial charge on any atom is 0.340 e. The van der Waals surface area contributed by atoms with Gasteiger partial charge >= 0.3 is 5.63 Å². The number of nitrogen functional groups attached to an aromatic ring is 1. The lowest BCUT2D eigenvalue weighted by molar-refractivity contribution is 0.331. The van der Waals surface area contributed by atoms with Crippen molar-refractivity contribution < 1.29 is 13.5 Å². The fourth-order valence-corrected chi connectivity index (χ4v) is 2.94. The first-order valence-corrected chi connectivity index (χ1v) is 9.19. The highest BCUT2D eigenvalue weighted by molar-refractivity contribution is 6.68. The van der Waals surface area contributed by atoms with Crippen molar-refractivity contribution in [1.29, 1.82) is 0 Å². The van der Waals surface area contributed by atoms with E-state index in [0.29, 0.717) is 27.8 Å². The van der Waals surface area contributed by atoms with E-state index < -0.39 is 11.4 Å². The third-order valence-corrected chi connectivity index (χ3v) is 4.63. The van der Waals surface area contributed by atoms with Gasteiger partial charge in [0.15, 0.2) is 18.4 Å². The Hall–Kier alpha value is -3.52. The van der Waals surface area contributed by atoms with E-state index in [1.165, 1.54) is 24.5 Å². The number of rotatable bonds is 7. The van der Waals surface area contributed by atoms with Crippen molar-refractivity contribution in [2.24, 2.45) is 9.98 Å². The van der Waals surface area contributed by atoms with Gasteiger partial charge in [-0.15, -0.1) is 0 Å². The monoisotopic (exact) mass is 428 g/mol. The van der Waals surface area contributed by atoms with Crippen molar-refractivity contribution in [2.75, 3.05) is 12.5 Å². The van der Waals surface area contributed by atoms with Crippen molar-refractivity contribution in [2.45, 2.75) is 13.3 Å². The topological polar surface area (TPSA) is 103 Å². The molecule has 2 aromatic heterocycles. The standard InChI is InChI=1S/C21H18ClFN4O3/c1-12-15-4-3-14(29-11-27-18(22)6-7-25-2)10-17(15)30-21(28)16(12)9-13-5-8-26-20(24)19(13)23/h3-8,10H,2,9,11H2,1H3,(H2,24,26)/b7-6-,27-18+. The maximum atomic E-state index is 14.2. The summed E-state index contributed by atoms with van der Waals surface area (Å²) in [5, 5.41) is 0.917. The number of pyridine rings is 1. The summed E-state index contributed by atoms with van der Waals surface area (Å²) in [5.74, 6) is -0.404. The molecule has 0 unspecified atom stereocenters. The Kier molecular flexibility index (Phi) is 6.58. The van der Waals surface area contributed by atoms with E-state index in [4.69, 9.17) is 26.5 Å². The predicted octanol–water partition coefficient (Wildman–Crippen LogP) is 4.00. The summed E-state index contributed by atoms with van der Waals surface area (Å²) in [7, 11) is 0. The summed E-state index contributed by atoms with van der Waals surface area (Å²) in [6.07, 6.45) is 4.32. The number of halogens is 2. The van der Waals surface area contributed by atoms with E-state index in [1.807, 2.05) is 0 Å². The van der Waals surface area contributed by atoms with E-state index in [2.05, 4.69) is 21.7 Å². The summed E-state index contributed by atoms with van der Waals surface area (Å²) in [6, 6.07) is 6.55. The van der Waals surface area contributed by atoms with Crippen molar-refractivity contribution in [3.05, 3.63) is 75.7 Å². The third-order valence-electron chi connectivity index (χ3n) is 4.39. The SMILES string of the molecule is C=N/C=C\C(Cl)=N/COc1ccc2c(C)c(Cc3ccnc(N)c3F)c(=O)oc2c1. The second-order valence-electron chi connectivity index (χ2n) is 6.25. The average Bonchev–Trinajstić information content (AvgIpc) is 2.72. The third kappa shape index (κ3) is 4.72. The number of fused-ring (bicyclic) bond motifs is 1. The molecule has 2 heterocycles. The molecular weight excluding hydrogens is 411 g/mol. The summed E-state index contributed by atoms with van der Waals surface area (Å²) >= 11 is 5.86. The Bertz CT molecular complexity index is 1220. The fraction of sp³-hybridized carbons (Fsp3) is 0.143. The molecule has 0 amide bonds. The van der Waals surface area contributed by atoms with Gasteiger partial charge in [0.1, 0.15) is 16.5 Å². The van der Waals surface area contributed by atoms with E-state index in [0.717, 1.165) is 0 Å². The molecule has 0 aliphatic carbocycles. The lowest BCUT2D eigenvalue weighted by Gasteiger charge is -2.10. The van der Waals surface area contributed by atoms with Crippen LogP contribution >= 0.6 is 11.6 Å². The number of hydrogen-bond acceptors (Lipinski definition) is 7. The Morgan fingerprint density at radius 2 is 2.23 bits per heavy atom. The van der Waals surface area contributed by atoms with Crippen LogP contribution in [0.5, 0.6) is 5.75 Å². The Labute approximate surface area is 176 Å². The molecule has 0 spiro atoms. The van der Waals surface area contributed by atoms with Crippen LogP contribution in [0.4, 0.5) is 10.2 Å². The smallest absolute Gasteiger partial charge is 0.340 e. The number of nitrogens with two attached hydrogens (primary N) is 1. The number of aliphatic imine (C=N–C) groups is 2. The molecule has 0 atom stereocenters. The number of nitrogens with zero attached hydrogens (tertiary/aromatic N) is 3. The van der Waals surface area contributed by atoms with E-state index in [-0.39, 0.29) is 29.7 Å². The van der Waals surface area contributed by atoms with Crippen molar-refractivity contribution in [3.8, 4) is 5.75 Å². The number of aryl methyl sites for hydroxylation is 1. The van der Waals surface area contributed by atoms with Gasteiger partial charge in [-0.25, -0.2) is 19.2 Å². The van der Waals surface area contributed by atoms with Gasteiger partial charge < -0.3 is 14.9 Å². The molecule has 0 saturated carbocycles. The van der Waals surface area contributed by atoms with Gasteiger partial charge in [-0.3, -0.25) is 4.99 Å². The maximum absolute atomic E-state index is 14.2. The highest BCUT2D eigenvalue weighted by Gasteiger charge is 2.16. The van der Waals surface area contributed by atoms with Gasteiger partial charge in [-0.2, -0.15) is 0 Å². The summed E-state index contributed by atoms with van der Waals surface area (Å²) in [6.45, 7) is 5.04. The molecule has 7 nitrogen and oxygen atoms in total. The van der Waals surface area contributed by atoms with Crippen LogP contribution < -0.4 is 16.1 Å². The highest BCUT2D eigenvalue weighted by atomic mass is 35.5. The van der Waals surface area contributed by atoms with Crippen LogP contribution in [-0.2, 0) is 6.42 Å². The van der Waals surface area contributed by atoms with Gasteiger partial charge in [-0.1, -0.05) is 11.6 Å². The number of hydrogen-bond donors (Lipinski definition) is 1. The van der Waals surface area contributed by atoms with Crippen LogP contribution in [-0.4, -0.2) is 23.6 Å². The highest BCUT2D eigenvalue weighted by Crippen LogP contribution is 2.26. The molecule has 3 aromatic rings. The number of anilines is 1. The van der Waals surface area contributed by atoms with E-state index >= 15 is 0 Å². The zero-order valence-electron chi connectivity index (χ0n) is 16.1. The number of allylic oxidation sites excluding steroid dienone is 1. The Morgan fingerprint density at radius 1 is 1.43 bits per heavy atom. The van der Waals surface area contributed by atoms with Crippen LogP contribution in [0.25, 0.3) is 11.0 Å². The lowest BCUT2D eigenvalue weighted by atomic mass is 10.00. The van der Waals surface area contributed by atoms with Crippen molar-refractivity contribution in [1.82, 2.24) is 4.98 Å². The van der Waals surface area contributed by atoms with Crippen LogP contribution in [0.15, 0.2) is 61.9 Å². The van der Waals surface area contributed by atoms with Gasteiger partial charge in [0.05, 0.1) is 0 Å². The van der Waals surface area contributed by atoms with Crippen molar-refractivity contribution >= 4 is 40.3 Å². The van der Waals surface area contributed by atoms with Gasteiger partial charge in [0.25, 0.3) is 0 Å². The first-order chi connectivity index (χ1) is 14.4. The van der Waals surface area contributed by atoms with Crippen molar-refractivity contribution in [3.63, 3.8) is 0 Å². The molecule has 9 heteroatoms. The molecule has 3 rings (SSSR count). The fourth-order valence-electron chi connectivity index (χ4n) is 2.83. The minimum Gasteiger partial charge on any atom is -0.471 e. The molecular formula is C21H18ClFN4O3. The van der Waals surface area contributed by atoms with E-state index in [9.17, 15) is 9.18 Å². The lowest BCUT2D eigenvalue weighted by Crippen LogP contribution is -2.12. The molecule has 2 N–H and O–H groups in total. The summed E-state index contributed by atoms with van der Waals surface area (Å²) in [4.78, 5) is 23.7. The van der Waals surface area contributed by atoms with Crippen LogP contribution in [0.1, 0.15) is 16.7 Å². The zero-order chi connectivity index (χ0) is 21.7. The minimum absolute atomic E-state index is 0.0319. The first kappa shape index (κ1) is 21.2. The molecule has 0 saturated heterocycles. The molecule has 1 aromatic carbocycles. The quantitative estimate of drug-likeness (QED) is 0.452. The summed E-state index contributed by atoms with van der Waals surface area (Å²) in [5.41, 5.74) is 6.60. The van der Waals surface area contributed by atoms with Gasteiger partial charge in [0.2, 0.25) is 0 Å². The molecule has 0 bridgehead atoms. The average molecular weight is 429 g/mol. The molecule has 0 radical (unpaired) electrons. The second-order valence-corrected chi connectivity index (χ2v) is 6.64. The largest absolute Gasteiger partial charge is 0.471 e. The van der Waals surface area contributed by atoms with Crippen LogP contribution in [0, 0.1) is 12.7 Å². The van der Waals surface area contributed by atoms with E-state index in [1.54, 1.807) is 25.1 Å². The molecule has 30 heavy (non-hydrogen) atoms. The second kappa shape index (κ2) is 9.32. The number of ether oxygens (including phenoxy) is 1.